The molecule has 84 valence electrons. The van der Waals surface area contributed by atoms with Crippen LogP contribution in [0.2, 0.25) is 5.02 Å². The summed E-state index contributed by atoms with van der Waals surface area (Å²) < 4.78 is 0. The highest BCUT2D eigenvalue weighted by Crippen LogP contribution is 2.34. The van der Waals surface area contributed by atoms with Crippen LogP contribution in [0, 0.1) is 11.3 Å². The van der Waals surface area contributed by atoms with Gasteiger partial charge in [-0.25, -0.2) is 4.98 Å². The lowest BCUT2D eigenvalue weighted by Gasteiger charge is -2.05. The highest BCUT2D eigenvalue weighted by Gasteiger charge is 2.07. The first-order valence-corrected chi connectivity index (χ1v) is 5.98. The number of rotatable bonds is 2. The molecule has 0 fully saturated rings. The summed E-state index contributed by atoms with van der Waals surface area (Å²) in [4.78, 5) is 5.00. The first-order chi connectivity index (χ1) is 8.20. The Hall–Kier alpha value is -1.70. The van der Waals surface area contributed by atoms with E-state index in [9.17, 15) is 0 Å². The summed E-state index contributed by atoms with van der Waals surface area (Å²) in [5.41, 5.74) is 6.94. The van der Waals surface area contributed by atoms with E-state index in [1.165, 1.54) is 11.8 Å². The molecule has 2 rings (SSSR count). The molecule has 0 radical (unpaired) electrons. The normalized spacial score (nSPS) is 9.88. The van der Waals surface area contributed by atoms with Gasteiger partial charge in [-0.15, -0.1) is 0 Å². The Balaban J connectivity index is 2.32. The quantitative estimate of drug-likeness (QED) is 0.901. The van der Waals surface area contributed by atoms with Crippen molar-refractivity contribution in [2.24, 2.45) is 0 Å². The van der Waals surface area contributed by atoms with Gasteiger partial charge in [0.2, 0.25) is 0 Å². The van der Waals surface area contributed by atoms with Gasteiger partial charge in [-0.3, -0.25) is 0 Å². The van der Waals surface area contributed by atoms with Crippen LogP contribution in [0.4, 0.5) is 5.69 Å². The minimum atomic E-state index is 0.527. The number of benzene rings is 1. The number of anilines is 1. The molecule has 2 N–H and O–H groups in total. The smallest absolute Gasteiger partial charge is 0.124 e. The highest BCUT2D eigenvalue weighted by atomic mass is 35.5. The van der Waals surface area contributed by atoms with Crippen molar-refractivity contribution < 1.29 is 0 Å². The van der Waals surface area contributed by atoms with Crippen molar-refractivity contribution in [2.75, 3.05) is 5.73 Å². The number of nitrogens with two attached hydrogens (primary N) is 1. The molecule has 2 aromatic rings. The first kappa shape index (κ1) is 11.8. The van der Waals surface area contributed by atoms with Gasteiger partial charge < -0.3 is 5.73 Å². The van der Waals surface area contributed by atoms with E-state index >= 15 is 0 Å². The lowest BCUT2D eigenvalue weighted by atomic mass is 10.2. The third-order valence-corrected chi connectivity index (χ3v) is 3.60. The SMILES string of the molecule is N#Cc1ccc(Sc2ncccc2N)c(Cl)c1. The van der Waals surface area contributed by atoms with Crippen LogP contribution in [0.15, 0.2) is 46.5 Å². The Morgan fingerprint density at radius 1 is 1.35 bits per heavy atom. The van der Waals surface area contributed by atoms with Crippen molar-refractivity contribution in [2.45, 2.75) is 9.92 Å². The van der Waals surface area contributed by atoms with E-state index < -0.39 is 0 Å². The molecule has 0 spiro atoms. The molecule has 0 atom stereocenters. The highest BCUT2D eigenvalue weighted by molar-refractivity contribution is 7.99. The van der Waals surface area contributed by atoms with E-state index in [-0.39, 0.29) is 0 Å². The Morgan fingerprint density at radius 2 is 2.18 bits per heavy atom. The molecule has 1 heterocycles. The van der Waals surface area contributed by atoms with Gasteiger partial charge >= 0.3 is 0 Å². The van der Waals surface area contributed by atoms with Gasteiger partial charge in [-0.2, -0.15) is 5.26 Å². The molecule has 0 unspecified atom stereocenters. The second-order valence-corrected chi connectivity index (χ2v) is 4.69. The maximum atomic E-state index is 8.74. The first-order valence-electron chi connectivity index (χ1n) is 4.78. The molecule has 0 aliphatic carbocycles. The second-order valence-electron chi connectivity index (χ2n) is 3.26. The molecule has 0 aliphatic heterocycles. The monoisotopic (exact) mass is 261 g/mol. The summed E-state index contributed by atoms with van der Waals surface area (Å²) in [5.74, 6) is 0. The second kappa shape index (κ2) is 5.09. The molecule has 17 heavy (non-hydrogen) atoms. The standard InChI is InChI=1S/C12H8ClN3S/c13-9-6-8(7-14)3-4-11(9)17-12-10(15)2-1-5-16-12/h1-6H,15H2. The topological polar surface area (TPSA) is 62.7 Å². The summed E-state index contributed by atoms with van der Waals surface area (Å²) in [6.45, 7) is 0. The van der Waals surface area contributed by atoms with Gasteiger partial charge in [-0.05, 0) is 30.3 Å². The predicted octanol–water partition coefficient (Wildman–Crippen LogP) is 3.34. The lowest BCUT2D eigenvalue weighted by Crippen LogP contribution is -1.90. The van der Waals surface area contributed by atoms with E-state index in [0.717, 1.165) is 4.90 Å². The van der Waals surface area contributed by atoms with E-state index in [2.05, 4.69) is 4.98 Å². The summed E-state index contributed by atoms with van der Waals surface area (Å²) in [6.07, 6.45) is 1.68. The zero-order valence-electron chi connectivity index (χ0n) is 8.72. The summed E-state index contributed by atoms with van der Waals surface area (Å²) in [6, 6.07) is 10.7. The zero-order valence-corrected chi connectivity index (χ0v) is 10.3. The van der Waals surface area contributed by atoms with Crippen LogP contribution in [0.3, 0.4) is 0 Å². The number of halogens is 1. The number of hydrogen-bond acceptors (Lipinski definition) is 4. The minimum Gasteiger partial charge on any atom is -0.397 e. The van der Waals surface area contributed by atoms with Gasteiger partial charge in [0.15, 0.2) is 0 Å². The van der Waals surface area contributed by atoms with Crippen molar-refractivity contribution in [1.29, 1.82) is 5.26 Å². The fourth-order valence-electron chi connectivity index (χ4n) is 1.25. The molecular formula is C12H8ClN3S. The maximum absolute atomic E-state index is 8.74. The van der Waals surface area contributed by atoms with Crippen LogP contribution in [-0.4, -0.2) is 4.98 Å². The zero-order chi connectivity index (χ0) is 12.3. The number of nitrogen functional groups attached to an aromatic ring is 1. The van der Waals surface area contributed by atoms with Crippen LogP contribution in [-0.2, 0) is 0 Å². The average Bonchev–Trinajstić information content (AvgIpc) is 2.34. The Labute approximate surface area is 108 Å². The fourth-order valence-corrected chi connectivity index (χ4v) is 2.34. The number of hydrogen-bond donors (Lipinski definition) is 1. The van der Waals surface area contributed by atoms with Crippen molar-refractivity contribution >= 4 is 29.1 Å². The van der Waals surface area contributed by atoms with Gasteiger partial charge in [0.1, 0.15) is 5.03 Å². The van der Waals surface area contributed by atoms with Crippen molar-refractivity contribution in [3.8, 4) is 6.07 Å². The van der Waals surface area contributed by atoms with Gasteiger partial charge in [0.25, 0.3) is 0 Å². The molecule has 1 aromatic heterocycles. The summed E-state index contributed by atoms with van der Waals surface area (Å²) in [5, 5.41) is 9.97. The molecule has 0 saturated carbocycles. The van der Waals surface area contributed by atoms with E-state index in [1.54, 1.807) is 36.5 Å². The third kappa shape index (κ3) is 2.70. The molecule has 0 saturated heterocycles. The third-order valence-electron chi connectivity index (χ3n) is 2.07. The summed E-state index contributed by atoms with van der Waals surface area (Å²) >= 11 is 7.45. The largest absolute Gasteiger partial charge is 0.397 e. The fraction of sp³-hybridized carbons (Fsp3) is 0. The van der Waals surface area contributed by atoms with Crippen LogP contribution >= 0.6 is 23.4 Å². The van der Waals surface area contributed by atoms with Gasteiger partial charge in [0, 0.05) is 11.1 Å². The average molecular weight is 262 g/mol. The van der Waals surface area contributed by atoms with E-state index in [4.69, 9.17) is 22.6 Å². The molecule has 0 bridgehead atoms. The van der Waals surface area contributed by atoms with Gasteiger partial charge in [0.05, 0.1) is 22.3 Å². The number of aromatic nitrogens is 1. The number of pyridine rings is 1. The van der Waals surface area contributed by atoms with Crippen LogP contribution in [0.5, 0.6) is 0 Å². The summed E-state index contributed by atoms with van der Waals surface area (Å²) in [7, 11) is 0. The minimum absolute atomic E-state index is 0.527. The van der Waals surface area contributed by atoms with Crippen LogP contribution < -0.4 is 5.73 Å². The van der Waals surface area contributed by atoms with Crippen molar-refractivity contribution in [1.82, 2.24) is 4.98 Å². The number of nitriles is 1. The van der Waals surface area contributed by atoms with Gasteiger partial charge in [-0.1, -0.05) is 23.4 Å². The Kier molecular flexibility index (Phi) is 3.52. The van der Waals surface area contributed by atoms with Crippen molar-refractivity contribution in [3.05, 3.63) is 47.1 Å². The maximum Gasteiger partial charge on any atom is 0.124 e. The van der Waals surface area contributed by atoms with Crippen molar-refractivity contribution in [3.63, 3.8) is 0 Å². The molecule has 3 nitrogen and oxygen atoms in total. The number of nitrogens with zero attached hydrogens (tertiary/aromatic N) is 2. The lowest BCUT2D eigenvalue weighted by molar-refractivity contribution is 1.14. The van der Waals surface area contributed by atoms with E-state index in [1.807, 2.05) is 6.07 Å². The van der Waals surface area contributed by atoms with Crippen LogP contribution in [0.25, 0.3) is 0 Å². The Bertz CT molecular complexity index is 593. The molecule has 5 heteroatoms. The predicted molar refractivity (Wildman–Crippen MR) is 68.9 cm³/mol. The molecular weight excluding hydrogens is 254 g/mol. The molecule has 0 aliphatic rings. The van der Waals surface area contributed by atoms with Crippen LogP contribution in [0.1, 0.15) is 5.56 Å². The molecule has 0 amide bonds. The molecule has 1 aromatic carbocycles. The van der Waals surface area contributed by atoms with E-state index in [0.29, 0.717) is 21.3 Å². The Morgan fingerprint density at radius 3 is 2.82 bits per heavy atom.